The molecular formula is C20H29FNO+. The molecule has 0 unspecified atom stereocenters. The molecule has 0 N–H and O–H groups in total. The molecule has 23 heavy (non-hydrogen) atoms. The molecule has 0 aromatic heterocycles. The lowest BCUT2D eigenvalue weighted by Gasteiger charge is -2.45. The van der Waals surface area contributed by atoms with Crippen LogP contribution in [0, 0.1) is 11.2 Å². The summed E-state index contributed by atoms with van der Waals surface area (Å²) in [4.78, 5) is 12.2. The van der Waals surface area contributed by atoms with E-state index in [4.69, 9.17) is 0 Å². The second-order valence-corrected chi connectivity index (χ2v) is 8.03. The van der Waals surface area contributed by atoms with Crippen molar-refractivity contribution in [2.24, 2.45) is 5.41 Å². The smallest absolute Gasteiger partial charge is 0.163 e. The predicted octanol–water partition coefficient (Wildman–Crippen LogP) is 4.59. The highest BCUT2D eigenvalue weighted by Gasteiger charge is 2.41. The van der Waals surface area contributed by atoms with Crippen LogP contribution < -0.4 is 0 Å². The van der Waals surface area contributed by atoms with E-state index in [1.54, 1.807) is 12.1 Å². The second kappa shape index (κ2) is 6.72. The highest BCUT2D eigenvalue weighted by atomic mass is 19.1. The Morgan fingerprint density at radius 1 is 1.09 bits per heavy atom. The van der Waals surface area contributed by atoms with Gasteiger partial charge >= 0.3 is 0 Å². The van der Waals surface area contributed by atoms with E-state index in [1.807, 2.05) is 0 Å². The summed E-state index contributed by atoms with van der Waals surface area (Å²) < 4.78 is 14.0. The number of likely N-dealkylation sites (tertiary alicyclic amines) is 1. The van der Waals surface area contributed by atoms with Gasteiger partial charge < -0.3 is 4.48 Å². The van der Waals surface area contributed by atoms with Crippen LogP contribution in [0.1, 0.15) is 61.7 Å². The third-order valence-corrected chi connectivity index (χ3v) is 6.30. The fraction of sp³-hybridized carbons (Fsp3) is 0.650. The summed E-state index contributed by atoms with van der Waals surface area (Å²) >= 11 is 0. The zero-order valence-corrected chi connectivity index (χ0v) is 14.3. The van der Waals surface area contributed by atoms with Crippen LogP contribution in [0.15, 0.2) is 24.3 Å². The van der Waals surface area contributed by atoms with Gasteiger partial charge in [0.25, 0.3) is 0 Å². The summed E-state index contributed by atoms with van der Waals surface area (Å²) in [6, 6.07) is 5.93. The average molecular weight is 318 g/mol. The molecule has 126 valence electrons. The lowest BCUT2D eigenvalue weighted by molar-refractivity contribution is -0.916. The van der Waals surface area contributed by atoms with Crippen molar-refractivity contribution in [3.63, 3.8) is 0 Å². The molecule has 1 saturated heterocycles. The Bertz CT molecular complexity index is 535. The van der Waals surface area contributed by atoms with Gasteiger partial charge in [0.1, 0.15) is 5.82 Å². The quantitative estimate of drug-likeness (QED) is 0.573. The van der Waals surface area contributed by atoms with Crippen LogP contribution in [-0.2, 0) is 0 Å². The summed E-state index contributed by atoms with van der Waals surface area (Å²) in [7, 11) is 2.35. The number of Topliss-reactive ketones (excluding diaryl/α,β-unsaturated/α-hetero) is 1. The lowest BCUT2D eigenvalue weighted by Crippen LogP contribution is -2.52. The maximum atomic E-state index is 12.9. The zero-order valence-electron chi connectivity index (χ0n) is 14.3. The van der Waals surface area contributed by atoms with Crippen molar-refractivity contribution in [1.29, 1.82) is 0 Å². The Morgan fingerprint density at radius 3 is 2.30 bits per heavy atom. The Kier molecular flexibility index (Phi) is 4.86. The molecule has 1 aliphatic heterocycles. The molecule has 0 amide bonds. The molecular weight excluding hydrogens is 289 g/mol. The largest absolute Gasteiger partial charge is 0.326 e. The Morgan fingerprint density at radius 2 is 1.70 bits per heavy atom. The lowest BCUT2D eigenvalue weighted by atomic mass is 9.76. The normalized spacial score (nSPS) is 22.3. The number of hydrogen-bond acceptors (Lipinski definition) is 1. The molecule has 1 aromatic carbocycles. The minimum Gasteiger partial charge on any atom is -0.326 e. The third kappa shape index (κ3) is 4.00. The summed E-state index contributed by atoms with van der Waals surface area (Å²) in [6.07, 6.45) is 9.98. The second-order valence-electron chi connectivity index (χ2n) is 8.03. The van der Waals surface area contributed by atoms with E-state index in [1.165, 1.54) is 63.7 Å². The molecule has 1 aliphatic carbocycles. The number of ketones is 1. The first-order valence-electron chi connectivity index (χ1n) is 9.13. The van der Waals surface area contributed by atoms with E-state index < -0.39 is 0 Å². The van der Waals surface area contributed by atoms with E-state index in [2.05, 4.69) is 7.05 Å². The fourth-order valence-corrected chi connectivity index (χ4v) is 4.50. The minimum atomic E-state index is -0.284. The van der Waals surface area contributed by atoms with E-state index >= 15 is 0 Å². The molecule has 2 aliphatic rings. The van der Waals surface area contributed by atoms with Crippen LogP contribution in [0.2, 0.25) is 0 Å². The number of nitrogens with zero attached hydrogens (tertiary/aromatic N) is 1. The van der Waals surface area contributed by atoms with Crippen LogP contribution in [-0.4, -0.2) is 36.9 Å². The van der Waals surface area contributed by atoms with E-state index in [0.717, 1.165) is 17.4 Å². The summed E-state index contributed by atoms with van der Waals surface area (Å²) in [5.74, 6) is -0.144. The number of hydrogen-bond donors (Lipinski definition) is 0. The first-order chi connectivity index (χ1) is 11.0. The predicted molar refractivity (Wildman–Crippen MR) is 90.9 cm³/mol. The number of carbonyl (C=O) groups excluding carboxylic acids is 1. The zero-order chi connectivity index (χ0) is 16.3. The van der Waals surface area contributed by atoms with Gasteiger partial charge in [0.15, 0.2) is 5.78 Å². The van der Waals surface area contributed by atoms with Crippen LogP contribution in [0.3, 0.4) is 0 Å². The van der Waals surface area contributed by atoms with Crippen LogP contribution in [0.25, 0.3) is 0 Å². The fourth-order valence-electron chi connectivity index (χ4n) is 4.50. The Hall–Kier alpha value is -1.22. The number of rotatable bonds is 5. The molecule has 1 saturated carbocycles. The average Bonchev–Trinajstić information content (AvgIpc) is 3.00. The highest BCUT2D eigenvalue weighted by molar-refractivity contribution is 5.95. The maximum Gasteiger partial charge on any atom is 0.163 e. The molecule has 0 radical (unpaired) electrons. The van der Waals surface area contributed by atoms with Gasteiger partial charge in [0.2, 0.25) is 0 Å². The Balaban J connectivity index is 1.45. The van der Waals surface area contributed by atoms with Crippen molar-refractivity contribution in [1.82, 2.24) is 0 Å². The van der Waals surface area contributed by atoms with E-state index in [-0.39, 0.29) is 11.6 Å². The monoisotopic (exact) mass is 318 g/mol. The van der Waals surface area contributed by atoms with Crippen molar-refractivity contribution in [3.05, 3.63) is 35.6 Å². The molecule has 0 bridgehead atoms. The number of benzene rings is 1. The standard InChI is InChI=1S/C20H29FNO/c1-22(15-12-20(13-16-22)10-2-3-11-20)14-4-5-19(23)17-6-8-18(21)9-7-17/h6-9H,2-5,10-16H2,1H3/q+1. The van der Waals surface area contributed by atoms with Gasteiger partial charge in [-0.05, 0) is 42.5 Å². The van der Waals surface area contributed by atoms with Gasteiger partial charge in [-0.15, -0.1) is 0 Å². The molecule has 1 heterocycles. The van der Waals surface area contributed by atoms with Gasteiger partial charge in [-0.2, -0.15) is 0 Å². The number of carbonyl (C=O) groups is 1. The Labute approximate surface area is 139 Å². The number of quaternary nitrogens is 1. The molecule has 2 nitrogen and oxygen atoms in total. The van der Waals surface area contributed by atoms with Crippen molar-refractivity contribution >= 4 is 5.78 Å². The summed E-state index contributed by atoms with van der Waals surface area (Å²) in [5.41, 5.74) is 1.31. The molecule has 3 heteroatoms. The van der Waals surface area contributed by atoms with Crippen LogP contribution >= 0.6 is 0 Å². The first-order valence-corrected chi connectivity index (χ1v) is 9.13. The highest BCUT2D eigenvalue weighted by Crippen LogP contribution is 2.47. The van der Waals surface area contributed by atoms with Gasteiger partial charge in [-0.1, -0.05) is 12.8 Å². The van der Waals surface area contributed by atoms with Crippen molar-refractivity contribution in [2.45, 2.75) is 51.4 Å². The van der Waals surface area contributed by atoms with Gasteiger partial charge in [0, 0.05) is 31.2 Å². The van der Waals surface area contributed by atoms with Crippen molar-refractivity contribution in [2.75, 3.05) is 26.7 Å². The minimum absolute atomic E-state index is 0.140. The number of piperidine rings is 1. The van der Waals surface area contributed by atoms with Gasteiger partial charge in [0.05, 0.1) is 26.7 Å². The van der Waals surface area contributed by atoms with Gasteiger partial charge in [-0.25, -0.2) is 4.39 Å². The first kappa shape index (κ1) is 16.6. The van der Waals surface area contributed by atoms with E-state index in [0.29, 0.717) is 17.4 Å². The van der Waals surface area contributed by atoms with Crippen molar-refractivity contribution < 1.29 is 13.7 Å². The topological polar surface area (TPSA) is 17.1 Å². The molecule has 1 aromatic rings. The third-order valence-electron chi connectivity index (χ3n) is 6.30. The van der Waals surface area contributed by atoms with E-state index in [9.17, 15) is 9.18 Å². The molecule has 3 rings (SSSR count). The summed E-state index contributed by atoms with van der Waals surface area (Å²) in [5, 5.41) is 0. The molecule has 1 spiro atoms. The van der Waals surface area contributed by atoms with Gasteiger partial charge in [-0.3, -0.25) is 4.79 Å². The molecule has 0 atom stereocenters. The molecule has 2 fully saturated rings. The van der Waals surface area contributed by atoms with Crippen LogP contribution in [0.5, 0.6) is 0 Å². The maximum absolute atomic E-state index is 12.9. The van der Waals surface area contributed by atoms with Crippen LogP contribution in [0.4, 0.5) is 4.39 Å². The van der Waals surface area contributed by atoms with Crippen molar-refractivity contribution in [3.8, 4) is 0 Å². The summed E-state index contributed by atoms with van der Waals surface area (Å²) in [6.45, 7) is 3.62. The SMILES string of the molecule is C[N+]1(CCCC(=O)c2ccc(F)cc2)CCC2(CCCC2)CC1. The number of halogens is 1.